The monoisotopic (exact) mass is 323 g/mol. The number of hydrogen-bond acceptors (Lipinski definition) is 3. The third-order valence-electron chi connectivity index (χ3n) is 4.36. The summed E-state index contributed by atoms with van der Waals surface area (Å²) in [4.78, 5) is 34.0. The number of nitrogens with zero attached hydrogens (tertiary/aromatic N) is 2. The molecule has 5 nitrogen and oxygen atoms in total. The van der Waals surface area contributed by atoms with Crippen molar-refractivity contribution in [1.29, 1.82) is 0 Å². The number of hydrogen-bond donors (Lipinski definition) is 1. The average Bonchev–Trinajstić information content (AvgIpc) is 2.63. The minimum Gasteiger partial charge on any atom is -0.334 e. The van der Waals surface area contributed by atoms with Gasteiger partial charge in [0.05, 0.1) is 5.69 Å². The van der Waals surface area contributed by atoms with Gasteiger partial charge in [-0.05, 0) is 49.1 Å². The summed E-state index contributed by atoms with van der Waals surface area (Å²) in [6, 6.07) is 7.44. The zero-order chi connectivity index (χ0) is 17.1. The van der Waals surface area contributed by atoms with Gasteiger partial charge in [-0.15, -0.1) is 0 Å². The fourth-order valence-electron chi connectivity index (χ4n) is 3.02. The van der Waals surface area contributed by atoms with Crippen LogP contribution >= 0.6 is 0 Å². The molecule has 0 atom stereocenters. The van der Waals surface area contributed by atoms with Crippen LogP contribution < -0.4 is 5.56 Å². The second-order valence-electron chi connectivity index (χ2n) is 5.99. The SMILES string of the molecule is CCc1[nH]c(=O)c(C(=O)N2CCC=C(c3ccccn3)C2)cc1C. The number of rotatable bonds is 3. The zero-order valence-electron chi connectivity index (χ0n) is 14.0. The minimum atomic E-state index is -0.309. The van der Waals surface area contributed by atoms with E-state index in [0.29, 0.717) is 13.1 Å². The lowest BCUT2D eigenvalue weighted by Gasteiger charge is -2.27. The number of pyridine rings is 2. The first-order chi connectivity index (χ1) is 11.6. The van der Waals surface area contributed by atoms with Crippen molar-refractivity contribution >= 4 is 11.5 Å². The molecule has 0 aromatic carbocycles. The summed E-state index contributed by atoms with van der Waals surface area (Å²) in [5.41, 5.74) is 3.63. The summed E-state index contributed by atoms with van der Waals surface area (Å²) in [6.45, 7) is 4.99. The van der Waals surface area contributed by atoms with E-state index in [-0.39, 0.29) is 17.0 Å². The van der Waals surface area contributed by atoms with Crippen molar-refractivity contribution in [2.75, 3.05) is 13.1 Å². The minimum absolute atomic E-state index is 0.215. The summed E-state index contributed by atoms with van der Waals surface area (Å²) in [5, 5.41) is 0. The largest absolute Gasteiger partial charge is 0.334 e. The van der Waals surface area contributed by atoms with E-state index in [9.17, 15) is 9.59 Å². The predicted octanol–water partition coefficient (Wildman–Crippen LogP) is 2.57. The highest BCUT2D eigenvalue weighted by Crippen LogP contribution is 2.20. The van der Waals surface area contributed by atoms with Crippen molar-refractivity contribution in [3.8, 4) is 0 Å². The van der Waals surface area contributed by atoms with Crippen LogP contribution in [0.5, 0.6) is 0 Å². The molecule has 24 heavy (non-hydrogen) atoms. The van der Waals surface area contributed by atoms with Crippen LogP contribution in [0.15, 0.2) is 41.3 Å². The number of nitrogens with one attached hydrogen (secondary N) is 1. The maximum Gasteiger partial charge on any atom is 0.261 e. The maximum atomic E-state index is 12.8. The highest BCUT2D eigenvalue weighted by Gasteiger charge is 2.23. The number of aromatic amines is 1. The number of carbonyl (C=O) groups excluding carboxylic acids is 1. The van der Waals surface area contributed by atoms with Crippen LogP contribution in [0.4, 0.5) is 0 Å². The maximum absolute atomic E-state index is 12.8. The Balaban J connectivity index is 1.85. The second-order valence-corrected chi connectivity index (χ2v) is 5.99. The molecule has 2 aromatic heterocycles. The molecular formula is C19H21N3O2. The summed E-state index contributed by atoms with van der Waals surface area (Å²) >= 11 is 0. The van der Waals surface area contributed by atoms with E-state index in [1.807, 2.05) is 32.0 Å². The van der Waals surface area contributed by atoms with Crippen molar-refractivity contribution in [3.05, 3.63) is 69.4 Å². The molecule has 1 amide bonds. The van der Waals surface area contributed by atoms with Crippen LogP contribution in [0.3, 0.4) is 0 Å². The van der Waals surface area contributed by atoms with Crippen LogP contribution in [0.25, 0.3) is 5.57 Å². The van der Waals surface area contributed by atoms with Gasteiger partial charge in [-0.2, -0.15) is 0 Å². The Labute approximate surface area is 141 Å². The van der Waals surface area contributed by atoms with Crippen LogP contribution in [-0.4, -0.2) is 33.9 Å². The Morgan fingerprint density at radius 3 is 2.92 bits per heavy atom. The Kier molecular flexibility index (Phi) is 4.60. The van der Waals surface area contributed by atoms with Gasteiger partial charge in [0.1, 0.15) is 5.56 Å². The third-order valence-corrected chi connectivity index (χ3v) is 4.36. The lowest BCUT2D eigenvalue weighted by Crippen LogP contribution is -2.38. The van der Waals surface area contributed by atoms with Crippen LogP contribution in [0.2, 0.25) is 0 Å². The summed E-state index contributed by atoms with van der Waals surface area (Å²) < 4.78 is 0. The number of aryl methyl sites for hydroxylation is 2. The summed E-state index contributed by atoms with van der Waals surface area (Å²) in [6.07, 6.45) is 5.36. The fourth-order valence-corrected chi connectivity index (χ4v) is 3.02. The van der Waals surface area contributed by atoms with Gasteiger partial charge in [-0.25, -0.2) is 0 Å². The lowest BCUT2D eigenvalue weighted by molar-refractivity contribution is 0.0773. The topological polar surface area (TPSA) is 66.1 Å². The van der Waals surface area contributed by atoms with Gasteiger partial charge in [-0.1, -0.05) is 19.1 Å². The molecule has 1 aliphatic heterocycles. The standard InChI is InChI=1S/C19H21N3O2/c1-3-16-13(2)11-15(18(23)21-16)19(24)22-10-6-7-14(12-22)17-8-4-5-9-20-17/h4-5,7-9,11H,3,6,10,12H2,1-2H3,(H,21,23). The molecular weight excluding hydrogens is 302 g/mol. The van der Waals surface area contributed by atoms with Gasteiger partial charge in [0.25, 0.3) is 11.5 Å². The number of H-pyrrole nitrogens is 1. The Morgan fingerprint density at radius 2 is 2.21 bits per heavy atom. The molecule has 0 unspecified atom stereocenters. The molecule has 2 aromatic rings. The van der Waals surface area contributed by atoms with E-state index in [2.05, 4.69) is 16.0 Å². The predicted molar refractivity (Wildman–Crippen MR) is 93.9 cm³/mol. The molecule has 0 spiro atoms. The van der Waals surface area contributed by atoms with Crippen LogP contribution in [0, 0.1) is 6.92 Å². The average molecular weight is 323 g/mol. The van der Waals surface area contributed by atoms with E-state index in [1.165, 1.54) is 0 Å². The molecule has 3 heterocycles. The first kappa shape index (κ1) is 16.2. The molecule has 5 heteroatoms. The van der Waals surface area contributed by atoms with E-state index < -0.39 is 0 Å². The molecule has 1 N–H and O–H groups in total. The molecule has 1 aliphatic rings. The van der Waals surface area contributed by atoms with Crippen LogP contribution in [-0.2, 0) is 6.42 Å². The Bertz CT molecular complexity index is 837. The van der Waals surface area contributed by atoms with Gasteiger partial charge in [0, 0.05) is 25.0 Å². The van der Waals surface area contributed by atoms with Crippen molar-refractivity contribution in [3.63, 3.8) is 0 Å². The molecule has 0 radical (unpaired) electrons. The normalized spacial score (nSPS) is 14.4. The van der Waals surface area contributed by atoms with Gasteiger partial charge in [-0.3, -0.25) is 14.6 Å². The van der Waals surface area contributed by atoms with Crippen LogP contribution in [0.1, 0.15) is 40.7 Å². The van der Waals surface area contributed by atoms with E-state index in [1.54, 1.807) is 17.2 Å². The third kappa shape index (κ3) is 3.15. The lowest BCUT2D eigenvalue weighted by atomic mass is 10.0. The van der Waals surface area contributed by atoms with Gasteiger partial charge >= 0.3 is 0 Å². The van der Waals surface area contributed by atoms with Crippen molar-refractivity contribution < 1.29 is 4.79 Å². The van der Waals surface area contributed by atoms with Gasteiger partial charge in [0.15, 0.2) is 0 Å². The van der Waals surface area contributed by atoms with E-state index >= 15 is 0 Å². The Morgan fingerprint density at radius 1 is 1.38 bits per heavy atom. The first-order valence-corrected chi connectivity index (χ1v) is 8.22. The number of amides is 1. The zero-order valence-corrected chi connectivity index (χ0v) is 14.0. The van der Waals surface area contributed by atoms with E-state index in [4.69, 9.17) is 0 Å². The van der Waals surface area contributed by atoms with Crippen molar-refractivity contribution in [2.24, 2.45) is 0 Å². The Hall–Kier alpha value is -2.69. The fraction of sp³-hybridized carbons (Fsp3) is 0.316. The summed E-state index contributed by atoms with van der Waals surface area (Å²) in [5.74, 6) is -0.219. The highest BCUT2D eigenvalue weighted by atomic mass is 16.2. The van der Waals surface area contributed by atoms with Gasteiger partial charge < -0.3 is 9.88 Å². The summed E-state index contributed by atoms with van der Waals surface area (Å²) in [7, 11) is 0. The second kappa shape index (κ2) is 6.83. The smallest absolute Gasteiger partial charge is 0.261 e. The number of aromatic nitrogens is 2. The molecule has 0 fully saturated rings. The van der Waals surface area contributed by atoms with Crippen molar-refractivity contribution in [1.82, 2.24) is 14.9 Å². The first-order valence-electron chi connectivity index (χ1n) is 8.22. The molecule has 0 saturated heterocycles. The molecule has 0 saturated carbocycles. The molecule has 124 valence electrons. The van der Waals surface area contributed by atoms with E-state index in [0.717, 1.165) is 35.4 Å². The van der Waals surface area contributed by atoms with Gasteiger partial charge in [0.2, 0.25) is 0 Å². The number of carbonyl (C=O) groups is 1. The highest BCUT2D eigenvalue weighted by molar-refractivity contribution is 5.95. The molecule has 3 rings (SSSR count). The quantitative estimate of drug-likeness (QED) is 0.944. The molecule has 0 bridgehead atoms. The van der Waals surface area contributed by atoms with Crippen molar-refractivity contribution in [2.45, 2.75) is 26.7 Å². The molecule has 0 aliphatic carbocycles.